The molecule has 2 aliphatic rings. The second-order valence-electron chi connectivity index (χ2n) is 8.90. The summed E-state index contributed by atoms with van der Waals surface area (Å²) >= 11 is 0. The molecule has 1 atom stereocenters. The number of piperidine rings is 1. The van der Waals surface area contributed by atoms with E-state index in [9.17, 15) is 9.59 Å². The zero-order chi connectivity index (χ0) is 22.2. The molecule has 1 aliphatic carbocycles. The molecule has 1 aliphatic heterocycles. The highest BCUT2D eigenvalue weighted by molar-refractivity contribution is 5.74. The number of aromatic nitrogens is 6. The van der Waals surface area contributed by atoms with Crippen molar-refractivity contribution in [1.82, 2.24) is 34.0 Å². The molecule has 0 aromatic carbocycles. The molecule has 10 heteroatoms. The van der Waals surface area contributed by atoms with Gasteiger partial charge in [0, 0.05) is 39.3 Å². The van der Waals surface area contributed by atoms with E-state index in [1.807, 2.05) is 0 Å². The van der Waals surface area contributed by atoms with Crippen LogP contribution in [-0.2, 0) is 33.5 Å². The highest BCUT2D eigenvalue weighted by atomic mass is 16.1. The van der Waals surface area contributed by atoms with Gasteiger partial charge in [0.05, 0.1) is 18.4 Å². The number of nitrogens with zero attached hydrogens (tertiary/aromatic N) is 7. The number of rotatable bonds is 6. The van der Waals surface area contributed by atoms with E-state index in [-0.39, 0.29) is 11.1 Å². The van der Waals surface area contributed by atoms with Gasteiger partial charge >= 0.3 is 0 Å². The molecule has 5 rings (SSSR count). The van der Waals surface area contributed by atoms with Crippen molar-refractivity contribution in [2.24, 2.45) is 14.1 Å². The van der Waals surface area contributed by atoms with Crippen molar-refractivity contribution in [1.29, 1.82) is 0 Å². The summed E-state index contributed by atoms with van der Waals surface area (Å²) in [5, 5.41) is 12.7. The first-order valence-electron chi connectivity index (χ1n) is 11.5. The highest BCUT2D eigenvalue weighted by Gasteiger charge is 2.23. The Morgan fingerprint density at radius 1 is 1.12 bits per heavy atom. The maximum Gasteiger partial charge on any atom is 0.267 e. The Morgan fingerprint density at radius 3 is 2.88 bits per heavy atom. The van der Waals surface area contributed by atoms with Crippen LogP contribution in [0.2, 0.25) is 0 Å². The van der Waals surface area contributed by atoms with Gasteiger partial charge in [0.15, 0.2) is 5.65 Å². The van der Waals surface area contributed by atoms with E-state index in [2.05, 4.69) is 25.4 Å². The van der Waals surface area contributed by atoms with Gasteiger partial charge in [-0.1, -0.05) is 6.42 Å². The van der Waals surface area contributed by atoms with Gasteiger partial charge in [-0.15, -0.1) is 0 Å². The third kappa shape index (κ3) is 3.83. The lowest BCUT2D eigenvalue weighted by Gasteiger charge is -2.36. The van der Waals surface area contributed by atoms with Crippen molar-refractivity contribution in [2.45, 2.75) is 51.1 Å². The van der Waals surface area contributed by atoms with E-state index >= 15 is 0 Å². The summed E-state index contributed by atoms with van der Waals surface area (Å²) in [5.74, 6) is 0.549. The summed E-state index contributed by atoms with van der Waals surface area (Å²) < 4.78 is 4.80. The van der Waals surface area contributed by atoms with Gasteiger partial charge in [-0.05, 0) is 44.2 Å². The summed E-state index contributed by atoms with van der Waals surface area (Å²) in [7, 11) is 3.52. The third-order valence-electron chi connectivity index (χ3n) is 6.84. The molecule has 3 aromatic heterocycles. The third-order valence-corrected chi connectivity index (χ3v) is 6.84. The van der Waals surface area contributed by atoms with E-state index in [4.69, 9.17) is 0 Å². The number of fused-ring (bicyclic) bond motifs is 2. The van der Waals surface area contributed by atoms with Gasteiger partial charge < -0.3 is 5.32 Å². The molecule has 0 saturated carbocycles. The highest BCUT2D eigenvalue weighted by Crippen LogP contribution is 2.19. The summed E-state index contributed by atoms with van der Waals surface area (Å²) in [5.41, 5.74) is 2.68. The fraction of sp³-hybridized carbons (Fsp3) is 0.591. The van der Waals surface area contributed by atoms with Crippen LogP contribution in [0, 0.1) is 0 Å². The second-order valence-corrected chi connectivity index (χ2v) is 8.90. The minimum absolute atomic E-state index is 0.000939. The maximum atomic E-state index is 12.6. The smallest absolute Gasteiger partial charge is 0.267 e. The normalized spacial score (nSPS) is 18.9. The van der Waals surface area contributed by atoms with Crippen LogP contribution in [0.3, 0.4) is 0 Å². The monoisotopic (exact) mass is 438 g/mol. The molecule has 32 heavy (non-hydrogen) atoms. The molecule has 4 heterocycles. The zero-order valence-electron chi connectivity index (χ0n) is 18.8. The van der Waals surface area contributed by atoms with Crippen LogP contribution >= 0.6 is 0 Å². The van der Waals surface area contributed by atoms with E-state index in [1.54, 1.807) is 40.3 Å². The Labute approximate surface area is 185 Å². The van der Waals surface area contributed by atoms with Crippen LogP contribution in [0.25, 0.3) is 11.0 Å². The fourth-order valence-corrected chi connectivity index (χ4v) is 4.94. The largest absolute Gasteiger partial charge is 0.354 e. The Morgan fingerprint density at radius 2 is 2.00 bits per heavy atom. The van der Waals surface area contributed by atoms with Gasteiger partial charge in [-0.25, -0.2) is 4.68 Å². The molecule has 1 fully saturated rings. The summed E-state index contributed by atoms with van der Waals surface area (Å²) in [6, 6.07) is 2.08. The molecule has 0 spiro atoms. The molecule has 170 valence electrons. The first-order chi connectivity index (χ1) is 15.5. The van der Waals surface area contributed by atoms with Crippen molar-refractivity contribution in [3.63, 3.8) is 0 Å². The number of aryl methyl sites for hydroxylation is 3. The molecule has 1 saturated heterocycles. The molecule has 0 radical (unpaired) electrons. The van der Waals surface area contributed by atoms with Crippen LogP contribution in [0.5, 0.6) is 0 Å². The summed E-state index contributed by atoms with van der Waals surface area (Å²) in [6.45, 7) is 3.07. The van der Waals surface area contributed by atoms with Crippen molar-refractivity contribution >= 4 is 17.0 Å². The second kappa shape index (κ2) is 8.50. The Hall–Kier alpha value is -3.01. The minimum Gasteiger partial charge on any atom is -0.354 e. The number of nitrogens with one attached hydrogen (secondary N) is 1. The Bertz CT molecular complexity index is 1260. The molecular weight excluding hydrogens is 408 g/mol. The number of hydrogen-bond donors (Lipinski definition) is 1. The Balaban J connectivity index is 1.28. The maximum absolute atomic E-state index is 12.6. The van der Waals surface area contributed by atoms with Crippen molar-refractivity contribution in [3.8, 4) is 0 Å². The lowest BCUT2D eigenvalue weighted by atomic mass is 10.0. The first kappa shape index (κ1) is 20.9. The predicted molar refractivity (Wildman–Crippen MR) is 122 cm³/mol. The number of likely N-dealkylation sites (tertiary alicyclic amines) is 1. The number of anilines is 1. The topological polar surface area (TPSA) is 103 Å². The average Bonchev–Trinajstić information content (AvgIpc) is 3.40. The molecule has 3 aromatic rings. The van der Waals surface area contributed by atoms with Crippen LogP contribution in [0.4, 0.5) is 5.95 Å². The van der Waals surface area contributed by atoms with Gasteiger partial charge in [0.25, 0.3) is 11.1 Å². The van der Waals surface area contributed by atoms with Crippen LogP contribution in [-0.4, -0.2) is 59.7 Å². The zero-order valence-corrected chi connectivity index (χ0v) is 18.8. The standard InChI is InChI=1S/C22H30N8O2/c1-27-21(32)17-14-24-28(2)20(17)25-22(27)23-13-16-7-3-4-9-29(16)10-11-30-19(31)12-15-6-5-8-18(15)26-30/h12,14,16H,3-11,13H2,1-2H3,(H,23,25). The van der Waals surface area contributed by atoms with E-state index in [0.29, 0.717) is 36.1 Å². The molecule has 0 amide bonds. The van der Waals surface area contributed by atoms with Gasteiger partial charge in [-0.2, -0.15) is 15.2 Å². The van der Waals surface area contributed by atoms with Crippen molar-refractivity contribution in [2.75, 3.05) is 25.0 Å². The molecular formula is C22H30N8O2. The van der Waals surface area contributed by atoms with Crippen LogP contribution in [0.15, 0.2) is 21.9 Å². The average molecular weight is 439 g/mol. The lowest BCUT2D eigenvalue weighted by Crippen LogP contribution is -2.46. The van der Waals surface area contributed by atoms with Gasteiger partial charge in [-0.3, -0.25) is 23.7 Å². The van der Waals surface area contributed by atoms with Crippen molar-refractivity contribution in [3.05, 3.63) is 44.2 Å². The van der Waals surface area contributed by atoms with Crippen molar-refractivity contribution < 1.29 is 0 Å². The van der Waals surface area contributed by atoms with Gasteiger partial charge in [0.1, 0.15) is 5.39 Å². The quantitative estimate of drug-likeness (QED) is 0.604. The summed E-state index contributed by atoms with van der Waals surface area (Å²) in [4.78, 5) is 32.1. The molecule has 1 N–H and O–H groups in total. The molecule has 0 bridgehead atoms. The summed E-state index contributed by atoms with van der Waals surface area (Å²) in [6.07, 6.45) is 7.99. The molecule has 10 nitrogen and oxygen atoms in total. The Kier molecular flexibility index (Phi) is 5.54. The van der Waals surface area contributed by atoms with Crippen LogP contribution in [0.1, 0.15) is 36.9 Å². The first-order valence-corrected chi connectivity index (χ1v) is 11.5. The van der Waals surface area contributed by atoms with E-state index in [1.165, 1.54) is 6.42 Å². The predicted octanol–water partition coefficient (Wildman–Crippen LogP) is 0.679. The number of hydrogen-bond acceptors (Lipinski definition) is 7. The lowest BCUT2D eigenvalue weighted by molar-refractivity contribution is 0.147. The van der Waals surface area contributed by atoms with E-state index in [0.717, 1.165) is 56.5 Å². The van der Waals surface area contributed by atoms with Gasteiger partial charge in [0.2, 0.25) is 5.95 Å². The minimum atomic E-state index is -0.104. The molecule has 1 unspecified atom stereocenters. The van der Waals surface area contributed by atoms with E-state index < -0.39 is 0 Å². The SMILES string of the molecule is Cn1c(NCC2CCCCN2CCn2nc3c(cc2=O)CCC3)nc2c(cnn2C)c1=O. The fourth-order valence-electron chi connectivity index (χ4n) is 4.94. The van der Waals surface area contributed by atoms with Crippen LogP contribution < -0.4 is 16.4 Å².